The fraction of sp³-hybridized carbons (Fsp3) is 0.500. The van der Waals surface area contributed by atoms with Gasteiger partial charge in [-0.3, -0.25) is 0 Å². The Morgan fingerprint density at radius 3 is 2.28 bits per heavy atom. The van der Waals surface area contributed by atoms with E-state index in [1.54, 1.807) is 24.3 Å². The van der Waals surface area contributed by atoms with Crippen LogP contribution in [0.1, 0.15) is 20.3 Å². The lowest BCUT2D eigenvalue weighted by molar-refractivity contribution is 0.354. The minimum absolute atomic E-state index is 0.0816. The molecule has 0 aliphatic carbocycles. The third-order valence-electron chi connectivity index (χ3n) is 2.51. The van der Waals surface area contributed by atoms with Crippen LogP contribution in [0.5, 0.6) is 0 Å². The molecule has 6 heteroatoms. The quantitative estimate of drug-likeness (QED) is 0.733. The Morgan fingerprint density at radius 2 is 1.83 bits per heavy atom. The third-order valence-corrected chi connectivity index (χ3v) is 5.39. The Kier molecular flexibility index (Phi) is 6.11. The van der Waals surface area contributed by atoms with Crippen LogP contribution in [0.4, 0.5) is 0 Å². The summed E-state index contributed by atoms with van der Waals surface area (Å²) < 4.78 is 27.3. The predicted molar refractivity (Wildman–Crippen MR) is 78.5 cm³/mol. The van der Waals surface area contributed by atoms with Gasteiger partial charge in [0.2, 0.25) is 10.0 Å². The highest BCUT2D eigenvalue weighted by atomic mass is 79.9. The molecule has 0 bridgehead atoms. The average molecular weight is 355 g/mol. The molecule has 102 valence electrons. The molecule has 0 heterocycles. The van der Waals surface area contributed by atoms with Crippen molar-refractivity contribution in [3.8, 4) is 0 Å². The summed E-state index contributed by atoms with van der Waals surface area (Å²) in [4.78, 5) is 0.314. The molecule has 0 aromatic heterocycles. The molecule has 1 rings (SSSR count). The lowest BCUT2D eigenvalue weighted by Crippen LogP contribution is -2.37. The Bertz CT molecular complexity index is 473. The summed E-state index contributed by atoms with van der Waals surface area (Å²) in [5.41, 5.74) is 0. The maximum atomic E-state index is 12.5. The van der Waals surface area contributed by atoms with Gasteiger partial charge in [-0.2, -0.15) is 4.31 Å². The number of alkyl halides is 1. The van der Waals surface area contributed by atoms with Crippen LogP contribution in [0.3, 0.4) is 0 Å². The monoisotopic (exact) mass is 353 g/mol. The van der Waals surface area contributed by atoms with Gasteiger partial charge in [-0.1, -0.05) is 15.9 Å². The molecule has 18 heavy (non-hydrogen) atoms. The molecule has 3 nitrogen and oxygen atoms in total. The van der Waals surface area contributed by atoms with Crippen molar-refractivity contribution in [3.63, 3.8) is 0 Å². The molecule has 0 fully saturated rings. The van der Waals surface area contributed by atoms with Crippen LogP contribution in [-0.4, -0.2) is 31.2 Å². The molecule has 0 spiro atoms. The molecule has 0 N–H and O–H groups in total. The maximum Gasteiger partial charge on any atom is 0.243 e. The number of hydrogen-bond donors (Lipinski definition) is 0. The zero-order chi connectivity index (χ0) is 13.8. The van der Waals surface area contributed by atoms with E-state index in [1.807, 2.05) is 13.8 Å². The van der Waals surface area contributed by atoms with E-state index in [0.717, 1.165) is 4.47 Å². The van der Waals surface area contributed by atoms with Gasteiger partial charge >= 0.3 is 0 Å². The van der Waals surface area contributed by atoms with E-state index in [2.05, 4.69) is 15.9 Å². The first-order chi connectivity index (χ1) is 8.39. The normalized spacial score (nSPS) is 12.3. The number of halogens is 2. The molecule has 1 aromatic carbocycles. The van der Waals surface area contributed by atoms with E-state index in [1.165, 1.54) is 4.31 Å². The van der Waals surface area contributed by atoms with Crippen molar-refractivity contribution < 1.29 is 8.42 Å². The van der Waals surface area contributed by atoms with Gasteiger partial charge in [0.15, 0.2) is 0 Å². The summed E-state index contributed by atoms with van der Waals surface area (Å²) in [5.74, 6) is 0.457. The zero-order valence-corrected chi connectivity index (χ0v) is 13.6. The second kappa shape index (κ2) is 6.89. The molecule has 1 aromatic rings. The molecule has 0 aliphatic heterocycles. The van der Waals surface area contributed by atoms with Gasteiger partial charge in [0.1, 0.15) is 0 Å². The van der Waals surface area contributed by atoms with Crippen molar-refractivity contribution in [2.45, 2.75) is 31.2 Å². The van der Waals surface area contributed by atoms with Crippen molar-refractivity contribution >= 4 is 37.6 Å². The predicted octanol–water partition coefficient (Wildman–Crippen LogP) is 3.48. The summed E-state index contributed by atoms with van der Waals surface area (Å²) >= 11 is 8.93. The molecule has 0 unspecified atom stereocenters. The summed E-state index contributed by atoms with van der Waals surface area (Å²) in [6.07, 6.45) is 0.648. The number of rotatable bonds is 6. The van der Waals surface area contributed by atoms with E-state index in [0.29, 0.717) is 23.7 Å². The summed E-state index contributed by atoms with van der Waals surface area (Å²) in [6.45, 7) is 4.18. The molecule has 0 aliphatic rings. The minimum atomic E-state index is -3.44. The van der Waals surface area contributed by atoms with Crippen LogP contribution in [0.15, 0.2) is 33.6 Å². The van der Waals surface area contributed by atoms with Crippen molar-refractivity contribution in [2.75, 3.05) is 12.4 Å². The number of benzene rings is 1. The van der Waals surface area contributed by atoms with Gasteiger partial charge in [-0.05, 0) is 44.5 Å². The Balaban J connectivity index is 3.05. The van der Waals surface area contributed by atoms with Crippen molar-refractivity contribution in [2.24, 2.45) is 0 Å². The van der Waals surface area contributed by atoms with Crippen LogP contribution in [0.2, 0.25) is 0 Å². The van der Waals surface area contributed by atoms with Gasteiger partial charge in [0.25, 0.3) is 0 Å². The molecule has 0 amide bonds. The first-order valence-electron chi connectivity index (χ1n) is 5.73. The highest BCUT2D eigenvalue weighted by molar-refractivity contribution is 9.10. The van der Waals surface area contributed by atoms with Crippen LogP contribution in [0.25, 0.3) is 0 Å². The third kappa shape index (κ3) is 3.95. The van der Waals surface area contributed by atoms with Gasteiger partial charge in [0, 0.05) is 22.9 Å². The number of sulfonamides is 1. The van der Waals surface area contributed by atoms with Gasteiger partial charge in [-0.25, -0.2) is 8.42 Å². The van der Waals surface area contributed by atoms with Crippen LogP contribution in [-0.2, 0) is 10.0 Å². The standard InChI is InChI=1S/C12H17BrClNO2S/c1-10(2)15(9-3-8-14)18(16,17)12-6-4-11(13)5-7-12/h4-7,10H,3,8-9H2,1-2H3. The molecule has 0 radical (unpaired) electrons. The fourth-order valence-corrected chi connectivity index (χ4v) is 3.67. The molecule has 0 saturated heterocycles. The van der Waals surface area contributed by atoms with Gasteiger partial charge in [0.05, 0.1) is 4.90 Å². The second-order valence-electron chi connectivity index (χ2n) is 4.21. The second-order valence-corrected chi connectivity index (χ2v) is 7.39. The van der Waals surface area contributed by atoms with Crippen LogP contribution >= 0.6 is 27.5 Å². The van der Waals surface area contributed by atoms with E-state index in [9.17, 15) is 8.42 Å². The SMILES string of the molecule is CC(C)N(CCCCl)S(=O)(=O)c1ccc(Br)cc1. The summed E-state index contributed by atoms with van der Waals surface area (Å²) in [7, 11) is -3.44. The Morgan fingerprint density at radius 1 is 1.28 bits per heavy atom. The van der Waals surface area contributed by atoms with Crippen molar-refractivity contribution in [1.29, 1.82) is 0 Å². The largest absolute Gasteiger partial charge is 0.243 e. The number of hydrogen-bond acceptors (Lipinski definition) is 2. The summed E-state index contributed by atoms with van der Waals surface area (Å²) in [6, 6.07) is 6.59. The smallest absolute Gasteiger partial charge is 0.207 e. The lowest BCUT2D eigenvalue weighted by atomic mass is 10.3. The lowest BCUT2D eigenvalue weighted by Gasteiger charge is -2.25. The van der Waals surface area contributed by atoms with Gasteiger partial charge in [-0.15, -0.1) is 11.6 Å². The molecule has 0 atom stereocenters. The van der Waals surface area contributed by atoms with E-state index in [4.69, 9.17) is 11.6 Å². The van der Waals surface area contributed by atoms with Gasteiger partial charge < -0.3 is 0 Å². The van der Waals surface area contributed by atoms with Crippen LogP contribution in [0, 0.1) is 0 Å². The van der Waals surface area contributed by atoms with Crippen LogP contribution < -0.4 is 0 Å². The first kappa shape index (κ1) is 16.0. The zero-order valence-electron chi connectivity index (χ0n) is 10.4. The van der Waals surface area contributed by atoms with E-state index >= 15 is 0 Å². The summed E-state index contributed by atoms with van der Waals surface area (Å²) in [5, 5.41) is 0. The molecule has 0 saturated carbocycles. The van der Waals surface area contributed by atoms with Crippen molar-refractivity contribution in [1.82, 2.24) is 4.31 Å². The Hall–Kier alpha value is -0.100. The maximum absolute atomic E-state index is 12.5. The minimum Gasteiger partial charge on any atom is -0.207 e. The van der Waals surface area contributed by atoms with Crippen molar-refractivity contribution in [3.05, 3.63) is 28.7 Å². The highest BCUT2D eigenvalue weighted by Gasteiger charge is 2.26. The average Bonchev–Trinajstić information content (AvgIpc) is 2.29. The first-order valence-corrected chi connectivity index (χ1v) is 8.49. The Labute approximate surface area is 122 Å². The van der Waals surface area contributed by atoms with E-state index < -0.39 is 10.0 Å². The van der Waals surface area contributed by atoms with E-state index in [-0.39, 0.29) is 6.04 Å². The molecular weight excluding hydrogens is 338 g/mol. The highest BCUT2D eigenvalue weighted by Crippen LogP contribution is 2.20. The molecular formula is C12H17BrClNO2S. The number of nitrogens with zero attached hydrogens (tertiary/aromatic N) is 1. The topological polar surface area (TPSA) is 37.4 Å². The fourth-order valence-electron chi connectivity index (χ4n) is 1.61.